The third kappa shape index (κ3) is 5.23. The molecule has 8 nitrogen and oxygen atoms in total. The average molecular weight is 399 g/mol. The molecule has 1 amide bonds. The van der Waals surface area contributed by atoms with E-state index in [9.17, 15) is 14.9 Å². The van der Waals surface area contributed by atoms with Crippen molar-refractivity contribution < 1.29 is 19.2 Å². The van der Waals surface area contributed by atoms with Crippen LogP contribution >= 0.6 is 0 Å². The predicted molar refractivity (Wildman–Crippen MR) is 111 cm³/mol. The average Bonchev–Trinajstić information content (AvgIpc) is 2.74. The van der Waals surface area contributed by atoms with Crippen molar-refractivity contribution in [1.82, 2.24) is 0 Å². The quantitative estimate of drug-likeness (QED) is 0.561. The van der Waals surface area contributed by atoms with Crippen LogP contribution in [0.3, 0.4) is 0 Å². The number of amides is 1. The minimum Gasteiger partial charge on any atom is -0.491 e. The molecule has 1 aliphatic rings. The summed E-state index contributed by atoms with van der Waals surface area (Å²) in [6.45, 7) is 6.23. The molecule has 29 heavy (non-hydrogen) atoms. The fraction of sp³-hybridized carbons (Fsp3) is 0.381. The number of ether oxygens (including phenoxy) is 2. The Hall–Kier alpha value is -3.13. The number of nitro groups is 1. The van der Waals surface area contributed by atoms with Crippen LogP contribution in [0.5, 0.6) is 5.75 Å². The lowest BCUT2D eigenvalue weighted by Crippen LogP contribution is -2.36. The molecule has 0 saturated carbocycles. The van der Waals surface area contributed by atoms with E-state index in [1.54, 1.807) is 36.4 Å². The first-order valence-corrected chi connectivity index (χ1v) is 9.67. The van der Waals surface area contributed by atoms with Gasteiger partial charge in [-0.2, -0.15) is 0 Å². The van der Waals surface area contributed by atoms with E-state index >= 15 is 0 Å². The van der Waals surface area contributed by atoms with Gasteiger partial charge in [-0.3, -0.25) is 14.9 Å². The Balaban J connectivity index is 1.77. The maximum atomic E-state index is 12.6. The summed E-state index contributed by atoms with van der Waals surface area (Å²) in [6.07, 6.45) is 0.902. The molecule has 2 aromatic rings. The Labute approximate surface area is 169 Å². The van der Waals surface area contributed by atoms with E-state index < -0.39 is 4.92 Å². The number of morpholine rings is 1. The number of anilines is 2. The lowest BCUT2D eigenvalue weighted by molar-refractivity contribution is -0.384. The van der Waals surface area contributed by atoms with Gasteiger partial charge in [0, 0.05) is 30.4 Å². The molecule has 8 heteroatoms. The van der Waals surface area contributed by atoms with Crippen molar-refractivity contribution in [2.45, 2.75) is 26.4 Å². The number of carbonyl (C=O) groups excluding carboxylic acids is 1. The van der Waals surface area contributed by atoms with Crippen LogP contribution in [0, 0.1) is 10.1 Å². The molecule has 0 aliphatic carbocycles. The van der Waals surface area contributed by atoms with Crippen molar-refractivity contribution in [2.75, 3.05) is 36.5 Å². The van der Waals surface area contributed by atoms with Crippen LogP contribution in [0.25, 0.3) is 0 Å². The third-order valence-electron chi connectivity index (χ3n) is 4.79. The van der Waals surface area contributed by atoms with E-state index in [0.717, 1.165) is 6.42 Å². The smallest absolute Gasteiger partial charge is 0.294 e. The highest BCUT2D eigenvalue weighted by molar-refractivity contribution is 6.04. The van der Waals surface area contributed by atoms with E-state index in [2.05, 4.69) is 5.32 Å². The monoisotopic (exact) mass is 399 g/mol. The third-order valence-corrected chi connectivity index (χ3v) is 4.79. The molecule has 3 rings (SSSR count). The van der Waals surface area contributed by atoms with Crippen molar-refractivity contribution in [2.24, 2.45) is 0 Å². The van der Waals surface area contributed by atoms with Crippen molar-refractivity contribution in [3.05, 3.63) is 58.1 Å². The second-order valence-electron chi connectivity index (χ2n) is 6.88. The summed E-state index contributed by atoms with van der Waals surface area (Å²) < 4.78 is 11.1. The Morgan fingerprint density at radius 3 is 2.72 bits per heavy atom. The topological polar surface area (TPSA) is 93.9 Å². The standard InChI is InChI=1S/C21H25N3O5/c1-3-15(2)29-18-6-4-5-16(13-18)21(25)22-17-7-8-19(20(14-17)24(26)27)23-9-11-28-12-10-23/h4-8,13-15H,3,9-12H2,1-2H3,(H,22,25)/t15-/m1/s1. The number of nitrogens with zero attached hydrogens (tertiary/aromatic N) is 2. The lowest BCUT2D eigenvalue weighted by atomic mass is 10.1. The van der Waals surface area contributed by atoms with Crippen LogP contribution in [0.1, 0.15) is 30.6 Å². The zero-order valence-electron chi connectivity index (χ0n) is 16.6. The van der Waals surface area contributed by atoms with Crippen LogP contribution in [-0.2, 0) is 4.74 Å². The van der Waals surface area contributed by atoms with Crippen molar-refractivity contribution in [3.8, 4) is 5.75 Å². The highest BCUT2D eigenvalue weighted by atomic mass is 16.6. The Kier molecular flexibility index (Phi) is 6.66. The van der Waals surface area contributed by atoms with Gasteiger partial charge in [-0.1, -0.05) is 13.0 Å². The van der Waals surface area contributed by atoms with Crippen LogP contribution in [-0.4, -0.2) is 43.2 Å². The molecule has 1 heterocycles. The second-order valence-corrected chi connectivity index (χ2v) is 6.88. The van der Waals surface area contributed by atoms with E-state index in [1.807, 2.05) is 18.7 Å². The summed E-state index contributed by atoms with van der Waals surface area (Å²) in [6, 6.07) is 11.6. The fourth-order valence-corrected chi connectivity index (χ4v) is 3.05. The Morgan fingerprint density at radius 2 is 2.03 bits per heavy atom. The molecule has 0 bridgehead atoms. The molecule has 0 radical (unpaired) electrons. The first kappa shape index (κ1) is 20.6. The highest BCUT2D eigenvalue weighted by Crippen LogP contribution is 2.32. The molecular weight excluding hydrogens is 374 g/mol. The van der Waals surface area contributed by atoms with Crippen molar-refractivity contribution in [3.63, 3.8) is 0 Å². The van der Waals surface area contributed by atoms with Gasteiger partial charge >= 0.3 is 0 Å². The maximum Gasteiger partial charge on any atom is 0.294 e. The molecule has 1 atom stereocenters. The van der Waals surface area contributed by atoms with Crippen molar-refractivity contribution in [1.29, 1.82) is 0 Å². The molecule has 1 saturated heterocycles. The van der Waals surface area contributed by atoms with Gasteiger partial charge in [0.15, 0.2) is 0 Å². The van der Waals surface area contributed by atoms with E-state index in [0.29, 0.717) is 49.0 Å². The minimum atomic E-state index is -0.430. The van der Waals surface area contributed by atoms with Gasteiger partial charge in [0.1, 0.15) is 11.4 Å². The molecule has 0 aromatic heterocycles. The Morgan fingerprint density at radius 1 is 1.28 bits per heavy atom. The molecule has 1 N–H and O–H groups in total. The van der Waals surface area contributed by atoms with Gasteiger partial charge in [0.2, 0.25) is 0 Å². The predicted octanol–water partition coefficient (Wildman–Crippen LogP) is 3.86. The summed E-state index contributed by atoms with van der Waals surface area (Å²) in [5.41, 5.74) is 1.27. The molecule has 0 spiro atoms. The van der Waals surface area contributed by atoms with Gasteiger partial charge in [-0.25, -0.2) is 0 Å². The summed E-state index contributed by atoms with van der Waals surface area (Å²) in [5, 5.41) is 14.3. The molecule has 2 aromatic carbocycles. The van der Waals surface area contributed by atoms with Gasteiger partial charge in [0.25, 0.3) is 11.6 Å². The van der Waals surface area contributed by atoms with Gasteiger partial charge < -0.3 is 19.7 Å². The Bertz CT molecular complexity index is 880. The SMILES string of the molecule is CC[C@@H](C)Oc1cccc(C(=O)Nc2ccc(N3CCOCC3)c([N+](=O)[O-])c2)c1. The van der Waals surface area contributed by atoms with Crippen molar-refractivity contribution >= 4 is 23.0 Å². The molecule has 154 valence electrons. The number of rotatable bonds is 7. The first-order valence-electron chi connectivity index (χ1n) is 9.67. The zero-order valence-corrected chi connectivity index (χ0v) is 16.6. The molecular formula is C21H25N3O5. The van der Waals surface area contributed by atoms with Gasteiger partial charge in [-0.05, 0) is 43.7 Å². The number of nitro benzene ring substituents is 1. The second kappa shape index (κ2) is 9.38. The summed E-state index contributed by atoms with van der Waals surface area (Å²) in [7, 11) is 0. The molecule has 1 fully saturated rings. The first-order chi connectivity index (χ1) is 14.0. The fourth-order valence-electron chi connectivity index (χ4n) is 3.05. The summed E-state index contributed by atoms with van der Waals surface area (Å²) >= 11 is 0. The normalized spacial score (nSPS) is 14.9. The largest absolute Gasteiger partial charge is 0.491 e. The number of nitrogens with one attached hydrogen (secondary N) is 1. The van der Waals surface area contributed by atoms with Gasteiger partial charge in [-0.15, -0.1) is 0 Å². The van der Waals surface area contributed by atoms with E-state index in [4.69, 9.17) is 9.47 Å². The van der Waals surface area contributed by atoms with E-state index in [1.165, 1.54) is 6.07 Å². The highest BCUT2D eigenvalue weighted by Gasteiger charge is 2.22. The number of hydrogen-bond donors (Lipinski definition) is 1. The summed E-state index contributed by atoms with van der Waals surface area (Å²) in [4.78, 5) is 25.7. The van der Waals surface area contributed by atoms with Crippen LogP contribution < -0.4 is 15.0 Å². The van der Waals surface area contributed by atoms with Crippen LogP contribution in [0.15, 0.2) is 42.5 Å². The maximum absolute atomic E-state index is 12.6. The lowest BCUT2D eigenvalue weighted by Gasteiger charge is -2.28. The number of carbonyl (C=O) groups is 1. The minimum absolute atomic E-state index is 0.0430. The van der Waals surface area contributed by atoms with Crippen LogP contribution in [0.2, 0.25) is 0 Å². The number of benzene rings is 2. The van der Waals surface area contributed by atoms with Gasteiger partial charge in [0.05, 0.1) is 24.2 Å². The zero-order chi connectivity index (χ0) is 20.8. The number of hydrogen-bond acceptors (Lipinski definition) is 6. The van der Waals surface area contributed by atoms with Crippen LogP contribution in [0.4, 0.5) is 17.1 Å². The van der Waals surface area contributed by atoms with E-state index in [-0.39, 0.29) is 17.7 Å². The molecule has 0 unspecified atom stereocenters. The summed E-state index contributed by atoms with van der Waals surface area (Å²) in [5.74, 6) is 0.258. The molecule has 1 aliphatic heterocycles.